The standard InChI is InChI=1S/C18H33N5/c1-4-20-18(21-10-5-12-23-13-11-19-15-23)22(3)14-17-8-6-16(2)7-9-17/h11,13,15-17H,4-10,12,14H2,1-3H3,(H,20,21). The SMILES string of the molecule is CCNC(=NCCCn1ccnc1)N(C)CC1CCC(C)CC1. The minimum Gasteiger partial charge on any atom is -0.357 e. The summed E-state index contributed by atoms with van der Waals surface area (Å²) in [6.07, 6.45) is 12.2. The van der Waals surface area contributed by atoms with Gasteiger partial charge in [0.1, 0.15) is 0 Å². The molecule has 0 unspecified atom stereocenters. The number of imidazole rings is 1. The van der Waals surface area contributed by atoms with Crippen LogP contribution in [-0.4, -0.2) is 47.1 Å². The van der Waals surface area contributed by atoms with Crippen LogP contribution in [0.15, 0.2) is 23.7 Å². The second kappa shape index (κ2) is 9.58. The first-order valence-corrected chi connectivity index (χ1v) is 9.14. The number of hydrogen-bond acceptors (Lipinski definition) is 2. The lowest BCUT2D eigenvalue weighted by Gasteiger charge is -2.31. The normalized spacial score (nSPS) is 22.1. The van der Waals surface area contributed by atoms with Crippen molar-refractivity contribution in [3.8, 4) is 0 Å². The molecule has 130 valence electrons. The van der Waals surface area contributed by atoms with E-state index in [1.165, 1.54) is 25.7 Å². The van der Waals surface area contributed by atoms with Crippen LogP contribution in [0.2, 0.25) is 0 Å². The predicted molar refractivity (Wildman–Crippen MR) is 96.6 cm³/mol. The van der Waals surface area contributed by atoms with E-state index in [-0.39, 0.29) is 0 Å². The molecular formula is C18H33N5. The number of nitrogens with one attached hydrogen (secondary N) is 1. The number of nitrogens with zero attached hydrogens (tertiary/aromatic N) is 4. The smallest absolute Gasteiger partial charge is 0.193 e. The number of hydrogen-bond donors (Lipinski definition) is 1. The summed E-state index contributed by atoms with van der Waals surface area (Å²) < 4.78 is 2.11. The maximum absolute atomic E-state index is 4.79. The van der Waals surface area contributed by atoms with Gasteiger partial charge in [-0.05, 0) is 38.0 Å². The Hall–Kier alpha value is -1.52. The fourth-order valence-corrected chi connectivity index (χ4v) is 3.31. The molecule has 0 spiro atoms. The lowest BCUT2D eigenvalue weighted by atomic mass is 9.83. The molecule has 1 aliphatic rings. The van der Waals surface area contributed by atoms with Crippen molar-refractivity contribution in [2.75, 3.05) is 26.7 Å². The average Bonchev–Trinajstić information content (AvgIpc) is 3.06. The zero-order valence-electron chi connectivity index (χ0n) is 15.0. The molecule has 5 nitrogen and oxygen atoms in total. The number of aryl methyl sites for hydroxylation is 1. The third-order valence-electron chi connectivity index (χ3n) is 4.76. The van der Waals surface area contributed by atoms with Gasteiger partial charge >= 0.3 is 0 Å². The van der Waals surface area contributed by atoms with Gasteiger partial charge in [-0.25, -0.2) is 4.98 Å². The van der Waals surface area contributed by atoms with E-state index in [0.717, 1.165) is 50.4 Å². The Morgan fingerprint density at radius 3 is 2.78 bits per heavy atom. The minimum atomic E-state index is 0.825. The lowest BCUT2D eigenvalue weighted by Crippen LogP contribution is -2.42. The monoisotopic (exact) mass is 319 g/mol. The lowest BCUT2D eigenvalue weighted by molar-refractivity contribution is 0.250. The van der Waals surface area contributed by atoms with Gasteiger partial charge in [0.15, 0.2) is 5.96 Å². The summed E-state index contributed by atoms with van der Waals surface area (Å²) in [5.74, 6) is 2.80. The Labute approximate surface area is 141 Å². The average molecular weight is 319 g/mol. The minimum absolute atomic E-state index is 0.825. The van der Waals surface area contributed by atoms with Crippen LogP contribution in [0.4, 0.5) is 0 Å². The van der Waals surface area contributed by atoms with E-state index in [4.69, 9.17) is 4.99 Å². The number of guanidine groups is 1. The number of aliphatic imine (C=N–C) groups is 1. The Kier molecular flexibility index (Phi) is 7.43. The molecule has 2 rings (SSSR count). The van der Waals surface area contributed by atoms with Crippen LogP contribution < -0.4 is 5.32 Å². The molecule has 1 heterocycles. The zero-order valence-corrected chi connectivity index (χ0v) is 15.0. The van der Waals surface area contributed by atoms with Crippen LogP contribution >= 0.6 is 0 Å². The summed E-state index contributed by atoms with van der Waals surface area (Å²) in [5.41, 5.74) is 0. The van der Waals surface area contributed by atoms with Gasteiger partial charge in [0.2, 0.25) is 0 Å². The summed E-state index contributed by atoms with van der Waals surface area (Å²) in [6, 6.07) is 0. The van der Waals surface area contributed by atoms with Gasteiger partial charge in [0.25, 0.3) is 0 Å². The van der Waals surface area contributed by atoms with E-state index in [1.54, 1.807) is 0 Å². The highest BCUT2D eigenvalue weighted by atomic mass is 15.3. The van der Waals surface area contributed by atoms with E-state index in [9.17, 15) is 0 Å². The molecular weight excluding hydrogens is 286 g/mol. The third kappa shape index (κ3) is 6.24. The molecule has 1 aromatic rings. The predicted octanol–water partition coefficient (Wildman–Crippen LogP) is 3.00. The number of aromatic nitrogens is 2. The summed E-state index contributed by atoms with van der Waals surface area (Å²) in [6.45, 7) is 8.40. The van der Waals surface area contributed by atoms with Crippen molar-refractivity contribution in [2.24, 2.45) is 16.8 Å². The highest BCUT2D eigenvalue weighted by Crippen LogP contribution is 2.28. The Morgan fingerprint density at radius 2 is 2.13 bits per heavy atom. The van der Waals surface area contributed by atoms with Crippen molar-refractivity contribution >= 4 is 5.96 Å². The highest BCUT2D eigenvalue weighted by molar-refractivity contribution is 5.79. The van der Waals surface area contributed by atoms with Crippen LogP contribution in [0.3, 0.4) is 0 Å². The quantitative estimate of drug-likeness (QED) is 0.477. The maximum Gasteiger partial charge on any atom is 0.193 e. The molecule has 0 aliphatic heterocycles. The summed E-state index contributed by atoms with van der Waals surface area (Å²) in [5, 5.41) is 3.43. The molecule has 5 heteroatoms. The van der Waals surface area contributed by atoms with Crippen molar-refractivity contribution in [2.45, 2.75) is 52.5 Å². The summed E-state index contributed by atoms with van der Waals surface area (Å²) >= 11 is 0. The molecule has 0 amide bonds. The van der Waals surface area contributed by atoms with E-state index in [1.807, 2.05) is 18.7 Å². The number of rotatable bonds is 7. The van der Waals surface area contributed by atoms with Crippen molar-refractivity contribution in [3.05, 3.63) is 18.7 Å². The first-order valence-electron chi connectivity index (χ1n) is 9.14. The zero-order chi connectivity index (χ0) is 16.5. The van der Waals surface area contributed by atoms with Crippen molar-refractivity contribution in [3.63, 3.8) is 0 Å². The van der Waals surface area contributed by atoms with Gasteiger partial charge in [0.05, 0.1) is 6.33 Å². The van der Waals surface area contributed by atoms with Gasteiger partial charge in [-0.15, -0.1) is 0 Å². The second-order valence-corrected chi connectivity index (χ2v) is 6.90. The molecule has 0 bridgehead atoms. The summed E-state index contributed by atoms with van der Waals surface area (Å²) in [7, 11) is 2.18. The van der Waals surface area contributed by atoms with E-state index in [0.29, 0.717) is 0 Å². The molecule has 1 aromatic heterocycles. The Morgan fingerprint density at radius 1 is 1.35 bits per heavy atom. The van der Waals surface area contributed by atoms with Gasteiger partial charge in [0, 0.05) is 45.6 Å². The fourth-order valence-electron chi connectivity index (χ4n) is 3.31. The van der Waals surface area contributed by atoms with E-state index in [2.05, 4.69) is 40.7 Å². The van der Waals surface area contributed by atoms with Crippen molar-refractivity contribution < 1.29 is 0 Å². The van der Waals surface area contributed by atoms with Crippen LogP contribution in [0, 0.1) is 11.8 Å². The van der Waals surface area contributed by atoms with Gasteiger partial charge < -0.3 is 14.8 Å². The van der Waals surface area contributed by atoms with Crippen LogP contribution in [0.5, 0.6) is 0 Å². The molecule has 0 atom stereocenters. The Balaban J connectivity index is 1.77. The topological polar surface area (TPSA) is 45.5 Å². The molecule has 0 saturated heterocycles. The highest BCUT2D eigenvalue weighted by Gasteiger charge is 2.20. The maximum atomic E-state index is 4.79. The van der Waals surface area contributed by atoms with E-state index >= 15 is 0 Å². The van der Waals surface area contributed by atoms with Gasteiger partial charge in [-0.2, -0.15) is 0 Å². The molecule has 23 heavy (non-hydrogen) atoms. The molecule has 1 aliphatic carbocycles. The van der Waals surface area contributed by atoms with E-state index < -0.39 is 0 Å². The third-order valence-corrected chi connectivity index (χ3v) is 4.76. The molecule has 1 fully saturated rings. The van der Waals surface area contributed by atoms with Crippen LogP contribution in [0.1, 0.15) is 46.0 Å². The first-order chi connectivity index (χ1) is 11.2. The van der Waals surface area contributed by atoms with Crippen molar-refractivity contribution in [1.29, 1.82) is 0 Å². The van der Waals surface area contributed by atoms with Crippen LogP contribution in [0.25, 0.3) is 0 Å². The molecule has 0 aromatic carbocycles. The fraction of sp³-hybridized carbons (Fsp3) is 0.778. The van der Waals surface area contributed by atoms with Gasteiger partial charge in [-0.1, -0.05) is 19.8 Å². The Bertz CT molecular complexity index is 446. The van der Waals surface area contributed by atoms with Crippen LogP contribution in [-0.2, 0) is 6.54 Å². The molecule has 1 saturated carbocycles. The molecule has 0 radical (unpaired) electrons. The largest absolute Gasteiger partial charge is 0.357 e. The second-order valence-electron chi connectivity index (χ2n) is 6.90. The first kappa shape index (κ1) is 17.8. The van der Waals surface area contributed by atoms with Crippen molar-refractivity contribution in [1.82, 2.24) is 19.8 Å². The summed E-state index contributed by atoms with van der Waals surface area (Å²) in [4.78, 5) is 11.2. The van der Waals surface area contributed by atoms with Gasteiger partial charge in [-0.3, -0.25) is 4.99 Å². The molecule has 1 N–H and O–H groups in total.